The molecule has 0 unspecified atom stereocenters. The van der Waals surface area contributed by atoms with Crippen LogP contribution in [-0.2, 0) is 6.42 Å². The Morgan fingerprint density at radius 1 is 1.50 bits per heavy atom. The van der Waals surface area contributed by atoms with E-state index in [-0.39, 0.29) is 5.02 Å². The number of benzene rings is 1. The predicted molar refractivity (Wildman–Crippen MR) is 54.5 cm³/mol. The molecule has 1 nitrogen and oxygen atoms in total. The van der Waals surface area contributed by atoms with Crippen LogP contribution in [0.15, 0.2) is 18.2 Å². The van der Waals surface area contributed by atoms with E-state index in [1.54, 1.807) is 26.0 Å². The van der Waals surface area contributed by atoms with E-state index in [9.17, 15) is 4.39 Å². The molecule has 0 radical (unpaired) electrons. The molecule has 0 heterocycles. The number of rotatable bonds is 2. The van der Waals surface area contributed by atoms with E-state index in [0.29, 0.717) is 12.0 Å². The maximum atomic E-state index is 13.0. The third kappa shape index (κ3) is 2.46. The standard InChI is InChI=1S/C11H11ClFN/c1-11(2,7-14)6-8-4-3-5-9(13)10(8)12/h3-5H,6H2,1-2H3. The first-order valence-corrected chi connectivity index (χ1v) is 4.68. The molecule has 0 aliphatic heterocycles. The third-order valence-corrected chi connectivity index (χ3v) is 2.39. The van der Waals surface area contributed by atoms with Crippen LogP contribution in [0, 0.1) is 22.6 Å². The zero-order valence-electron chi connectivity index (χ0n) is 8.14. The van der Waals surface area contributed by atoms with Crippen LogP contribution in [0.3, 0.4) is 0 Å². The molecule has 0 aromatic heterocycles. The van der Waals surface area contributed by atoms with Crippen LogP contribution >= 0.6 is 11.6 Å². The van der Waals surface area contributed by atoms with Crippen molar-refractivity contribution in [2.24, 2.45) is 5.41 Å². The molecular weight excluding hydrogens is 201 g/mol. The van der Waals surface area contributed by atoms with E-state index in [1.165, 1.54) is 6.07 Å². The lowest BCUT2D eigenvalue weighted by Gasteiger charge is -2.15. The summed E-state index contributed by atoms with van der Waals surface area (Å²) in [6.45, 7) is 3.60. The van der Waals surface area contributed by atoms with Crippen molar-refractivity contribution in [3.05, 3.63) is 34.6 Å². The largest absolute Gasteiger partial charge is 0.205 e. The van der Waals surface area contributed by atoms with Gasteiger partial charge < -0.3 is 0 Å². The number of hydrogen-bond donors (Lipinski definition) is 0. The Morgan fingerprint density at radius 2 is 2.14 bits per heavy atom. The van der Waals surface area contributed by atoms with E-state index in [4.69, 9.17) is 16.9 Å². The lowest BCUT2D eigenvalue weighted by molar-refractivity contribution is 0.491. The highest BCUT2D eigenvalue weighted by Crippen LogP contribution is 2.27. The van der Waals surface area contributed by atoms with Crippen molar-refractivity contribution in [1.29, 1.82) is 5.26 Å². The highest BCUT2D eigenvalue weighted by Gasteiger charge is 2.19. The summed E-state index contributed by atoms with van der Waals surface area (Å²) >= 11 is 5.77. The summed E-state index contributed by atoms with van der Waals surface area (Å²) in [5, 5.41) is 8.95. The quantitative estimate of drug-likeness (QED) is 0.734. The first kappa shape index (κ1) is 11.0. The minimum atomic E-state index is -0.516. The van der Waals surface area contributed by atoms with Crippen LogP contribution < -0.4 is 0 Å². The number of nitrogens with zero attached hydrogens (tertiary/aromatic N) is 1. The minimum absolute atomic E-state index is 0.121. The molecule has 1 rings (SSSR count). The number of halogens is 2. The fourth-order valence-electron chi connectivity index (χ4n) is 1.20. The van der Waals surface area contributed by atoms with Crippen molar-refractivity contribution in [3.8, 4) is 6.07 Å². The normalized spacial score (nSPS) is 11.1. The fourth-order valence-corrected chi connectivity index (χ4v) is 1.39. The van der Waals surface area contributed by atoms with Crippen molar-refractivity contribution >= 4 is 11.6 Å². The number of nitriles is 1. The van der Waals surface area contributed by atoms with Gasteiger partial charge in [-0.2, -0.15) is 5.26 Å². The molecule has 3 heteroatoms. The Balaban J connectivity index is 3.00. The summed E-state index contributed by atoms with van der Waals surface area (Å²) in [6, 6.07) is 6.81. The van der Waals surface area contributed by atoms with Gasteiger partial charge in [0.05, 0.1) is 16.5 Å². The van der Waals surface area contributed by atoms with Gasteiger partial charge in [0, 0.05) is 0 Å². The monoisotopic (exact) mass is 211 g/mol. The van der Waals surface area contributed by atoms with Crippen molar-refractivity contribution in [3.63, 3.8) is 0 Å². The van der Waals surface area contributed by atoms with Gasteiger partial charge in [0.15, 0.2) is 0 Å². The molecule has 0 aliphatic carbocycles. The van der Waals surface area contributed by atoms with Crippen LogP contribution in [-0.4, -0.2) is 0 Å². The zero-order chi connectivity index (χ0) is 10.8. The average Bonchev–Trinajstić information content (AvgIpc) is 2.13. The molecule has 0 atom stereocenters. The van der Waals surface area contributed by atoms with Crippen LogP contribution in [0.2, 0.25) is 5.02 Å². The third-order valence-electron chi connectivity index (χ3n) is 1.97. The van der Waals surface area contributed by atoms with Gasteiger partial charge in [-0.25, -0.2) is 4.39 Å². The van der Waals surface area contributed by atoms with Crippen LogP contribution in [0.4, 0.5) is 4.39 Å². The van der Waals surface area contributed by atoms with Gasteiger partial charge >= 0.3 is 0 Å². The molecule has 0 N–H and O–H groups in total. The highest BCUT2D eigenvalue weighted by molar-refractivity contribution is 6.31. The van der Waals surface area contributed by atoms with E-state index in [2.05, 4.69) is 6.07 Å². The lowest BCUT2D eigenvalue weighted by atomic mass is 9.87. The first-order chi connectivity index (χ1) is 6.46. The molecule has 1 aromatic carbocycles. The molecular formula is C11H11ClFN. The molecule has 14 heavy (non-hydrogen) atoms. The second kappa shape index (κ2) is 3.98. The highest BCUT2D eigenvalue weighted by atomic mass is 35.5. The van der Waals surface area contributed by atoms with Gasteiger partial charge in [-0.3, -0.25) is 0 Å². The van der Waals surface area contributed by atoms with Crippen LogP contribution in [0.1, 0.15) is 19.4 Å². The summed E-state index contributed by atoms with van der Waals surface area (Å²) in [5.41, 5.74) is 0.162. The van der Waals surface area contributed by atoms with E-state index in [0.717, 1.165) is 0 Å². The fraction of sp³-hybridized carbons (Fsp3) is 0.364. The van der Waals surface area contributed by atoms with Gasteiger partial charge in [-0.1, -0.05) is 23.7 Å². The Morgan fingerprint density at radius 3 is 2.71 bits per heavy atom. The Kier molecular flexibility index (Phi) is 3.13. The Hall–Kier alpha value is -1.07. The molecule has 74 valence electrons. The van der Waals surface area contributed by atoms with Crippen LogP contribution in [0.25, 0.3) is 0 Å². The SMILES string of the molecule is CC(C)(C#N)Cc1cccc(F)c1Cl. The first-order valence-electron chi connectivity index (χ1n) is 4.30. The van der Waals surface area contributed by atoms with Gasteiger partial charge in [0.25, 0.3) is 0 Å². The molecule has 0 amide bonds. The molecule has 0 fully saturated rings. The van der Waals surface area contributed by atoms with Crippen molar-refractivity contribution in [2.75, 3.05) is 0 Å². The smallest absolute Gasteiger partial charge is 0.142 e. The summed E-state index contributed by atoms with van der Waals surface area (Å²) in [4.78, 5) is 0. The van der Waals surface area contributed by atoms with Crippen LogP contribution in [0.5, 0.6) is 0 Å². The lowest BCUT2D eigenvalue weighted by Crippen LogP contribution is -2.12. The van der Waals surface area contributed by atoms with E-state index < -0.39 is 11.2 Å². The van der Waals surface area contributed by atoms with Gasteiger partial charge in [0.1, 0.15) is 5.82 Å². The zero-order valence-corrected chi connectivity index (χ0v) is 8.90. The van der Waals surface area contributed by atoms with Gasteiger partial charge in [-0.05, 0) is 31.9 Å². The molecule has 0 saturated carbocycles. The minimum Gasteiger partial charge on any atom is -0.205 e. The summed E-state index contributed by atoms with van der Waals surface area (Å²) in [7, 11) is 0. The van der Waals surface area contributed by atoms with Gasteiger partial charge in [-0.15, -0.1) is 0 Å². The summed E-state index contributed by atoms with van der Waals surface area (Å²) < 4.78 is 13.0. The molecule has 0 spiro atoms. The maximum absolute atomic E-state index is 13.0. The second-order valence-electron chi connectivity index (χ2n) is 3.89. The Labute approximate surface area is 88.1 Å². The summed E-state index contributed by atoms with van der Waals surface area (Å²) in [5.74, 6) is -0.432. The molecule has 0 bridgehead atoms. The van der Waals surface area contributed by atoms with E-state index in [1.807, 2.05) is 0 Å². The van der Waals surface area contributed by atoms with Crippen molar-refractivity contribution < 1.29 is 4.39 Å². The number of hydrogen-bond acceptors (Lipinski definition) is 1. The summed E-state index contributed by atoms with van der Waals surface area (Å²) in [6.07, 6.45) is 0.458. The topological polar surface area (TPSA) is 23.8 Å². The predicted octanol–water partition coefficient (Wildman–Crippen LogP) is 3.57. The van der Waals surface area contributed by atoms with Gasteiger partial charge in [0.2, 0.25) is 0 Å². The van der Waals surface area contributed by atoms with Crippen molar-refractivity contribution in [2.45, 2.75) is 20.3 Å². The van der Waals surface area contributed by atoms with E-state index >= 15 is 0 Å². The van der Waals surface area contributed by atoms with Crippen molar-refractivity contribution in [1.82, 2.24) is 0 Å². The average molecular weight is 212 g/mol. The maximum Gasteiger partial charge on any atom is 0.142 e. The second-order valence-corrected chi connectivity index (χ2v) is 4.26. The molecule has 0 aliphatic rings. The molecule has 0 saturated heterocycles. The Bertz CT molecular complexity index is 379. The molecule has 1 aromatic rings.